The average molecular weight is 338 g/mol. The first-order valence-corrected chi connectivity index (χ1v) is 8.84. The SMILES string of the molecule is Cc1ccccc1C1(CN[C@@H](C(N)=O)c2ccccc2)CCOCC1. The van der Waals surface area contributed by atoms with E-state index >= 15 is 0 Å². The molecule has 1 saturated heterocycles. The van der Waals surface area contributed by atoms with E-state index in [1.165, 1.54) is 11.1 Å². The Bertz CT molecular complexity index is 709. The molecule has 1 amide bonds. The fourth-order valence-corrected chi connectivity index (χ4v) is 3.80. The summed E-state index contributed by atoms with van der Waals surface area (Å²) >= 11 is 0. The monoisotopic (exact) mass is 338 g/mol. The predicted octanol–water partition coefficient (Wildman–Crippen LogP) is 2.86. The third-order valence-corrected chi connectivity index (χ3v) is 5.23. The largest absolute Gasteiger partial charge is 0.381 e. The van der Waals surface area contributed by atoms with Gasteiger partial charge in [0.2, 0.25) is 5.91 Å². The molecule has 0 spiro atoms. The van der Waals surface area contributed by atoms with Crippen LogP contribution in [0.5, 0.6) is 0 Å². The van der Waals surface area contributed by atoms with Gasteiger partial charge in [-0.25, -0.2) is 0 Å². The molecule has 2 aromatic carbocycles. The van der Waals surface area contributed by atoms with Gasteiger partial charge in [-0.05, 0) is 36.5 Å². The average Bonchev–Trinajstić information content (AvgIpc) is 2.63. The fourth-order valence-electron chi connectivity index (χ4n) is 3.80. The minimum Gasteiger partial charge on any atom is -0.381 e. The predicted molar refractivity (Wildman–Crippen MR) is 99.3 cm³/mol. The highest BCUT2D eigenvalue weighted by Gasteiger charge is 2.36. The van der Waals surface area contributed by atoms with Crippen molar-refractivity contribution in [2.24, 2.45) is 5.73 Å². The number of aryl methyl sites for hydroxylation is 1. The van der Waals surface area contributed by atoms with Gasteiger partial charge >= 0.3 is 0 Å². The van der Waals surface area contributed by atoms with E-state index in [0.717, 1.165) is 31.6 Å². The van der Waals surface area contributed by atoms with Crippen molar-refractivity contribution in [2.75, 3.05) is 19.8 Å². The van der Waals surface area contributed by atoms with Crippen molar-refractivity contribution in [1.82, 2.24) is 5.32 Å². The van der Waals surface area contributed by atoms with Gasteiger partial charge in [0.05, 0.1) is 0 Å². The molecule has 3 rings (SSSR count). The van der Waals surface area contributed by atoms with Crippen molar-refractivity contribution in [3.63, 3.8) is 0 Å². The first kappa shape index (κ1) is 17.6. The number of amides is 1. The van der Waals surface area contributed by atoms with Crippen molar-refractivity contribution in [3.8, 4) is 0 Å². The standard InChI is InChI=1S/C21H26N2O2/c1-16-7-5-6-10-18(16)21(11-13-25-14-12-21)15-23-19(20(22)24)17-8-3-2-4-9-17/h2-10,19,23H,11-15H2,1H3,(H2,22,24)/t19-/m1/s1. The molecular weight excluding hydrogens is 312 g/mol. The van der Waals surface area contributed by atoms with Crippen LogP contribution in [-0.2, 0) is 14.9 Å². The molecule has 4 nitrogen and oxygen atoms in total. The maximum atomic E-state index is 12.0. The van der Waals surface area contributed by atoms with Crippen LogP contribution >= 0.6 is 0 Å². The van der Waals surface area contributed by atoms with Crippen LogP contribution in [0.25, 0.3) is 0 Å². The maximum Gasteiger partial charge on any atom is 0.239 e. The van der Waals surface area contributed by atoms with Gasteiger partial charge in [0.15, 0.2) is 0 Å². The Labute approximate surface area is 149 Å². The zero-order valence-electron chi connectivity index (χ0n) is 14.7. The Kier molecular flexibility index (Phi) is 5.51. The summed E-state index contributed by atoms with van der Waals surface area (Å²) in [4.78, 5) is 12.0. The van der Waals surface area contributed by atoms with Crippen LogP contribution in [-0.4, -0.2) is 25.7 Å². The third-order valence-electron chi connectivity index (χ3n) is 5.23. The number of ether oxygens (including phenoxy) is 1. The minimum absolute atomic E-state index is 0.0356. The highest BCUT2D eigenvalue weighted by Crippen LogP contribution is 2.36. The number of rotatable bonds is 6. The molecule has 1 aliphatic heterocycles. The van der Waals surface area contributed by atoms with Crippen LogP contribution < -0.4 is 11.1 Å². The van der Waals surface area contributed by atoms with Crippen molar-refractivity contribution in [1.29, 1.82) is 0 Å². The topological polar surface area (TPSA) is 64.3 Å². The first-order valence-electron chi connectivity index (χ1n) is 8.84. The molecule has 0 saturated carbocycles. The lowest BCUT2D eigenvalue weighted by Gasteiger charge is -2.40. The Morgan fingerprint density at radius 3 is 2.40 bits per heavy atom. The molecular formula is C21H26N2O2. The second kappa shape index (κ2) is 7.81. The quantitative estimate of drug-likeness (QED) is 0.851. The Morgan fingerprint density at radius 1 is 1.12 bits per heavy atom. The second-order valence-electron chi connectivity index (χ2n) is 6.83. The van der Waals surface area contributed by atoms with E-state index in [2.05, 4.69) is 36.5 Å². The lowest BCUT2D eigenvalue weighted by molar-refractivity contribution is -0.120. The van der Waals surface area contributed by atoms with Gasteiger partial charge in [-0.1, -0.05) is 54.6 Å². The summed E-state index contributed by atoms with van der Waals surface area (Å²) in [6.07, 6.45) is 1.87. The molecule has 0 radical (unpaired) electrons. The normalized spacial score (nSPS) is 17.8. The van der Waals surface area contributed by atoms with Crippen LogP contribution in [0.4, 0.5) is 0 Å². The zero-order valence-corrected chi connectivity index (χ0v) is 14.7. The smallest absolute Gasteiger partial charge is 0.239 e. The summed E-state index contributed by atoms with van der Waals surface area (Å²) < 4.78 is 5.61. The van der Waals surface area contributed by atoms with Crippen LogP contribution in [0.3, 0.4) is 0 Å². The van der Waals surface area contributed by atoms with E-state index in [9.17, 15) is 4.79 Å². The number of carbonyl (C=O) groups is 1. The number of hydrogen-bond acceptors (Lipinski definition) is 3. The first-order chi connectivity index (χ1) is 12.1. The van der Waals surface area contributed by atoms with Crippen molar-refractivity contribution in [2.45, 2.75) is 31.2 Å². The molecule has 1 atom stereocenters. The number of carbonyl (C=O) groups excluding carboxylic acids is 1. The molecule has 1 aliphatic rings. The number of primary amides is 1. The Hall–Kier alpha value is -2.17. The molecule has 1 heterocycles. The van der Waals surface area contributed by atoms with Gasteiger partial charge < -0.3 is 15.8 Å². The highest BCUT2D eigenvalue weighted by atomic mass is 16.5. The van der Waals surface area contributed by atoms with Crippen LogP contribution in [0.1, 0.15) is 35.6 Å². The van der Waals surface area contributed by atoms with E-state index in [4.69, 9.17) is 10.5 Å². The third kappa shape index (κ3) is 3.91. The molecule has 0 aromatic heterocycles. The van der Waals surface area contributed by atoms with E-state index in [0.29, 0.717) is 6.54 Å². The van der Waals surface area contributed by atoms with Gasteiger partial charge in [-0.3, -0.25) is 4.79 Å². The number of nitrogens with one attached hydrogen (secondary N) is 1. The number of nitrogens with two attached hydrogens (primary N) is 1. The Morgan fingerprint density at radius 2 is 1.76 bits per heavy atom. The van der Waals surface area contributed by atoms with Crippen molar-refractivity contribution >= 4 is 5.91 Å². The van der Waals surface area contributed by atoms with Crippen molar-refractivity contribution in [3.05, 3.63) is 71.3 Å². The molecule has 25 heavy (non-hydrogen) atoms. The molecule has 3 N–H and O–H groups in total. The summed E-state index contributed by atoms with van der Waals surface area (Å²) in [6.45, 7) is 4.32. The van der Waals surface area contributed by atoms with Crippen LogP contribution in [0, 0.1) is 6.92 Å². The van der Waals surface area contributed by atoms with Gasteiger partial charge in [0, 0.05) is 25.2 Å². The van der Waals surface area contributed by atoms with Gasteiger partial charge in [-0.15, -0.1) is 0 Å². The molecule has 0 bridgehead atoms. The van der Waals surface area contributed by atoms with E-state index < -0.39 is 6.04 Å². The Balaban J connectivity index is 1.86. The zero-order chi connectivity index (χ0) is 17.7. The highest BCUT2D eigenvalue weighted by molar-refractivity contribution is 5.81. The number of benzene rings is 2. The summed E-state index contributed by atoms with van der Waals surface area (Å²) in [6, 6.07) is 17.7. The lowest BCUT2D eigenvalue weighted by atomic mass is 9.72. The van der Waals surface area contributed by atoms with E-state index in [1.807, 2.05) is 30.3 Å². The minimum atomic E-state index is -0.482. The maximum absolute atomic E-state index is 12.0. The molecule has 0 unspecified atom stereocenters. The summed E-state index contributed by atoms with van der Waals surface area (Å²) in [7, 11) is 0. The molecule has 0 aliphatic carbocycles. The number of hydrogen-bond donors (Lipinski definition) is 2. The lowest BCUT2D eigenvalue weighted by Crippen LogP contribution is -2.46. The second-order valence-corrected chi connectivity index (χ2v) is 6.83. The van der Waals surface area contributed by atoms with Gasteiger partial charge in [0.25, 0.3) is 0 Å². The van der Waals surface area contributed by atoms with Crippen molar-refractivity contribution < 1.29 is 9.53 Å². The summed E-state index contributed by atoms with van der Waals surface area (Å²) in [5, 5.41) is 3.44. The molecule has 1 fully saturated rings. The van der Waals surface area contributed by atoms with E-state index in [-0.39, 0.29) is 11.3 Å². The van der Waals surface area contributed by atoms with Gasteiger partial charge in [-0.2, -0.15) is 0 Å². The van der Waals surface area contributed by atoms with Gasteiger partial charge in [0.1, 0.15) is 6.04 Å². The fraction of sp³-hybridized carbons (Fsp3) is 0.381. The molecule has 4 heteroatoms. The molecule has 2 aromatic rings. The summed E-state index contributed by atoms with van der Waals surface area (Å²) in [5.74, 6) is -0.349. The summed E-state index contributed by atoms with van der Waals surface area (Å²) in [5.41, 5.74) is 9.15. The van der Waals surface area contributed by atoms with Crippen LogP contribution in [0.15, 0.2) is 54.6 Å². The van der Waals surface area contributed by atoms with E-state index in [1.54, 1.807) is 0 Å². The molecule has 132 valence electrons. The van der Waals surface area contributed by atoms with Crippen LogP contribution in [0.2, 0.25) is 0 Å².